The second-order valence-corrected chi connectivity index (χ2v) is 7.63. The fourth-order valence-corrected chi connectivity index (χ4v) is 3.96. The van der Waals surface area contributed by atoms with Crippen molar-refractivity contribution in [3.05, 3.63) is 60.7 Å². The van der Waals surface area contributed by atoms with Crippen LogP contribution in [-0.2, 0) is 23.1 Å². The van der Waals surface area contributed by atoms with Gasteiger partial charge in [0.15, 0.2) is 0 Å². The SMILES string of the molecule is CCn1cc(-c2noc(CNS(=O)(=O)c3cccc4ccccc34)n2)cn1. The van der Waals surface area contributed by atoms with Gasteiger partial charge in [-0.25, -0.2) is 13.1 Å². The Hall–Kier alpha value is -3.04. The molecule has 138 valence electrons. The van der Waals surface area contributed by atoms with Crippen LogP contribution in [-0.4, -0.2) is 28.3 Å². The zero-order valence-electron chi connectivity index (χ0n) is 14.5. The van der Waals surface area contributed by atoms with Gasteiger partial charge in [0.25, 0.3) is 0 Å². The summed E-state index contributed by atoms with van der Waals surface area (Å²) in [6, 6.07) is 12.5. The molecule has 0 fully saturated rings. The van der Waals surface area contributed by atoms with E-state index in [1.54, 1.807) is 35.3 Å². The van der Waals surface area contributed by atoms with Crippen molar-refractivity contribution >= 4 is 20.8 Å². The molecule has 0 spiro atoms. The highest BCUT2D eigenvalue weighted by Crippen LogP contribution is 2.23. The molecule has 27 heavy (non-hydrogen) atoms. The third-order valence-corrected chi connectivity index (χ3v) is 5.60. The number of aromatic nitrogens is 4. The number of nitrogens with zero attached hydrogens (tertiary/aromatic N) is 4. The fourth-order valence-electron chi connectivity index (χ4n) is 2.76. The van der Waals surface area contributed by atoms with Crippen LogP contribution in [0.2, 0.25) is 0 Å². The first-order valence-corrected chi connectivity index (χ1v) is 9.88. The van der Waals surface area contributed by atoms with Crippen molar-refractivity contribution in [1.29, 1.82) is 0 Å². The molecule has 0 amide bonds. The van der Waals surface area contributed by atoms with Gasteiger partial charge in [-0.1, -0.05) is 41.6 Å². The predicted octanol–water partition coefficient (Wildman–Crippen LogP) is 2.58. The molecule has 2 aromatic carbocycles. The largest absolute Gasteiger partial charge is 0.338 e. The Balaban J connectivity index is 1.54. The molecule has 0 atom stereocenters. The second-order valence-electron chi connectivity index (χ2n) is 5.90. The summed E-state index contributed by atoms with van der Waals surface area (Å²) < 4.78 is 34.9. The molecule has 0 saturated carbocycles. The van der Waals surface area contributed by atoms with E-state index in [0.717, 1.165) is 11.9 Å². The summed E-state index contributed by atoms with van der Waals surface area (Å²) in [5.41, 5.74) is 0.712. The highest BCUT2D eigenvalue weighted by Gasteiger charge is 2.19. The van der Waals surface area contributed by atoms with Crippen LogP contribution in [0, 0.1) is 0 Å². The van der Waals surface area contributed by atoms with Crippen LogP contribution < -0.4 is 4.72 Å². The first-order valence-electron chi connectivity index (χ1n) is 8.39. The summed E-state index contributed by atoms with van der Waals surface area (Å²) >= 11 is 0. The third kappa shape index (κ3) is 3.46. The summed E-state index contributed by atoms with van der Waals surface area (Å²) in [5, 5.41) is 9.55. The van der Waals surface area contributed by atoms with E-state index in [1.807, 2.05) is 31.2 Å². The van der Waals surface area contributed by atoms with Crippen molar-refractivity contribution in [2.45, 2.75) is 24.9 Å². The average Bonchev–Trinajstić information content (AvgIpc) is 3.35. The molecule has 0 bridgehead atoms. The lowest BCUT2D eigenvalue weighted by atomic mass is 10.1. The molecule has 0 aliphatic heterocycles. The number of rotatable bonds is 6. The summed E-state index contributed by atoms with van der Waals surface area (Å²) in [6.45, 7) is 2.61. The maximum atomic E-state index is 12.7. The van der Waals surface area contributed by atoms with Crippen molar-refractivity contribution in [3.63, 3.8) is 0 Å². The van der Waals surface area contributed by atoms with Crippen LogP contribution in [0.5, 0.6) is 0 Å². The Morgan fingerprint density at radius 1 is 1.15 bits per heavy atom. The quantitative estimate of drug-likeness (QED) is 0.549. The molecule has 4 rings (SSSR count). The van der Waals surface area contributed by atoms with Crippen molar-refractivity contribution < 1.29 is 12.9 Å². The molecule has 0 unspecified atom stereocenters. The molecule has 0 radical (unpaired) electrons. The lowest BCUT2D eigenvalue weighted by Gasteiger charge is -2.08. The monoisotopic (exact) mass is 383 g/mol. The molecule has 0 aliphatic rings. The number of aryl methyl sites for hydroxylation is 1. The molecule has 2 aromatic heterocycles. The standard InChI is InChI=1S/C18H17N5O3S/c1-2-23-12-14(10-19-23)18-21-17(26-22-18)11-20-27(24,25)16-9-5-7-13-6-3-4-8-15(13)16/h3-10,12,20H,2,11H2,1H3. The van der Waals surface area contributed by atoms with E-state index in [9.17, 15) is 8.42 Å². The van der Waals surface area contributed by atoms with Crippen molar-refractivity contribution in [1.82, 2.24) is 24.6 Å². The van der Waals surface area contributed by atoms with E-state index < -0.39 is 10.0 Å². The predicted molar refractivity (Wildman–Crippen MR) is 99.2 cm³/mol. The summed E-state index contributed by atoms with van der Waals surface area (Å²) in [5.74, 6) is 0.548. The maximum Gasteiger partial charge on any atom is 0.242 e. The van der Waals surface area contributed by atoms with Crippen LogP contribution in [0.15, 0.2) is 64.3 Å². The van der Waals surface area contributed by atoms with Crippen molar-refractivity contribution in [2.75, 3.05) is 0 Å². The van der Waals surface area contributed by atoms with E-state index in [0.29, 0.717) is 16.8 Å². The van der Waals surface area contributed by atoms with Crippen molar-refractivity contribution in [2.24, 2.45) is 0 Å². The summed E-state index contributed by atoms with van der Waals surface area (Å²) in [4.78, 5) is 4.44. The van der Waals surface area contributed by atoms with Gasteiger partial charge >= 0.3 is 0 Å². The number of hydrogen-bond acceptors (Lipinski definition) is 6. The molecular formula is C18H17N5O3S. The van der Waals surface area contributed by atoms with Gasteiger partial charge in [-0.15, -0.1) is 0 Å². The minimum Gasteiger partial charge on any atom is -0.338 e. The van der Waals surface area contributed by atoms with Gasteiger partial charge < -0.3 is 4.52 Å². The van der Waals surface area contributed by atoms with Crippen LogP contribution in [0.3, 0.4) is 0 Å². The second kappa shape index (κ2) is 6.93. The number of sulfonamides is 1. The molecule has 1 N–H and O–H groups in total. The number of fused-ring (bicyclic) bond motifs is 1. The molecular weight excluding hydrogens is 366 g/mol. The Bertz CT molecular complexity index is 1190. The molecule has 8 nitrogen and oxygen atoms in total. The maximum absolute atomic E-state index is 12.7. The summed E-state index contributed by atoms with van der Waals surface area (Å²) in [7, 11) is -3.73. The Labute approximate surface area is 155 Å². The molecule has 0 saturated heterocycles. The van der Waals surface area contributed by atoms with Gasteiger partial charge in [0.1, 0.15) is 0 Å². The highest BCUT2D eigenvalue weighted by atomic mass is 32.2. The van der Waals surface area contributed by atoms with E-state index in [2.05, 4.69) is 20.0 Å². The highest BCUT2D eigenvalue weighted by molar-refractivity contribution is 7.89. The minimum atomic E-state index is -3.73. The van der Waals surface area contributed by atoms with Gasteiger partial charge in [0, 0.05) is 18.1 Å². The van der Waals surface area contributed by atoms with Gasteiger partial charge in [-0.05, 0) is 18.4 Å². The smallest absolute Gasteiger partial charge is 0.242 e. The van der Waals surface area contributed by atoms with E-state index in [1.165, 1.54) is 0 Å². The molecule has 2 heterocycles. The lowest BCUT2D eigenvalue weighted by molar-refractivity contribution is 0.376. The van der Waals surface area contributed by atoms with Crippen molar-refractivity contribution in [3.8, 4) is 11.4 Å². The lowest BCUT2D eigenvalue weighted by Crippen LogP contribution is -2.23. The third-order valence-electron chi connectivity index (χ3n) is 4.14. The molecule has 9 heteroatoms. The van der Waals surface area contributed by atoms with Gasteiger partial charge in [0.2, 0.25) is 21.7 Å². The zero-order chi connectivity index (χ0) is 18.9. The van der Waals surface area contributed by atoms with E-state index in [4.69, 9.17) is 4.52 Å². The Morgan fingerprint density at radius 3 is 2.78 bits per heavy atom. The Morgan fingerprint density at radius 2 is 1.96 bits per heavy atom. The van der Waals surface area contributed by atoms with E-state index in [-0.39, 0.29) is 17.3 Å². The van der Waals surface area contributed by atoms with Crippen LogP contribution in [0.1, 0.15) is 12.8 Å². The van der Waals surface area contributed by atoms with Gasteiger partial charge in [-0.3, -0.25) is 4.68 Å². The summed E-state index contributed by atoms with van der Waals surface area (Å²) in [6.07, 6.45) is 3.44. The fraction of sp³-hybridized carbons (Fsp3) is 0.167. The number of hydrogen-bond donors (Lipinski definition) is 1. The zero-order valence-corrected chi connectivity index (χ0v) is 15.3. The normalized spacial score (nSPS) is 11.9. The molecule has 4 aromatic rings. The number of nitrogens with one attached hydrogen (secondary N) is 1. The van der Waals surface area contributed by atoms with Crippen LogP contribution in [0.4, 0.5) is 0 Å². The van der Waals surface area contributed by atoms with Gasteiger partial charge in [-0.2, -0.15) is 10.1 Å². The van der Waals surface area contributed by atoms with E-state index >= 15 is 0 Å². The Kier molecular flexibility index (Phi) is 4.46. The van der Waals surface area contributed by atoms with Crippen LogP contribution >= 0.6 is 0 Å². The number of benzene rings is 2. The minimum absolute atomic E-state index is 0.0968. The first kappa shape index (κ1) is 17.4. The first-order chi connectivity index (χ1) is 13.1. The average molecular weight is 383 g/mol. The van der Waals surface area contributed by atoms with Crippen LogP contribution in [0.25, 0.3) is 22.2 Å². The topological polar surface area (TPSA) is 103 Å². The molecule has 0 aliphatic carbocycles. The van der Waals surface area contributed by atoms with Gasteiger partial charge in [0.05, 0.1) is 23.2 Å².